The van der Waals surface area contributed by atoms with Gasteiger partial charge < -0.3 is 14.0 Å². The fraction of sp³-hybridized carbons (Fsp3) is 0.697. The molecule has 0 radical (unpaired) electrons. The van der Waals surface area contributed by atoms with E-state index >= 15 is 0 Å². The molecule has 3 aromatic rings. The van der Waals surface area contributed by atoms with Gasteiger partial charge in [0.2, 0.25) is 16.6 Å². The maximum atomic E-state index is 12.6. The first kappa shape index (κ1) is 64.3. The van der Waals surface area contributed by atoms with Crippen LogP contribution in [0.3, 0.4) is 0 Å². The van der Waals surface area contributed by atoms with Gasteiger partial charge in [-0.15, -0.1) is 23.5 Å². The highest BCUT2D eigenvalue weighted by atomic mass is 32.2. The van der Waals surface area contributed by atoms with Crippen molar-refractivity contribution in [2.45, 2.75) is 272 Å². The summed E-state index contributed by atoms with van der Waals surface area (Å²) in [7, 11) is -3.67. The number of aromatic hydroxyl groups is 1. The molecule has 9 aliphatic carbocycles. The third-order valence-electron chi connectivity index (χ3n) is 26.1. The minimum Gasteiger partial charge on any atom is -0.543 e. The number of benzene rings is 3. The molecule has 9 unspecified atom stereocenters. The predicted octanol–water partition coefficient (Wildman–Crippen LogP) is 21.9. The summed E-state index contributed by atoms with van der Waals surface area (Å²) in [6.07, 6.45) is 30.0. The van der Waals surface area contributed by atoms with Crippen LogP contribution in [0.1, 0.15) is 247 Å². The zero-order valence-corrected chi connectivity index (χ0v) is 59.8. The number of allylic oxidation sites excluding steroid dienone is 2. The van der Waals surface area contributed by atoms with Gasteiger partial charge in [0.1, 0.15) is 23.0 Å². The van der Waals surface area contributed by atoms with E-state index in [4.69, 9.17) is 8.85 Å². The number of phenols is 1. The Morgan fingerprint density at radius 3 is 1.21 bits per heavy atom. The maximum absolute atomic E-state index is 12.6. The van der Waals surface area contributed by atoms with Crippen LogP contribution in [0.2, 0.25) is 36.3 Å². The smallest absolute Gasteiger partial charge is 0.250 e. The molecule has 84 heavy (non-hydrogen) atoms. The number of fused-ring (bicyclic) bond motifs is 15. The number of phenolic OH excluding ortho intramolecular Hbond substituents is 1. The van der Waals surface area contributed by atoms with Crippen molar-refractivity contribution in [3.8, 4) is 17.2 Å². The second kappa shape index (κ2) is 24.3. The number of hydrogen-bond donors (Lipinski definition) is 1. The van der Waals surface area contributed by atoms with Crippen LogP contribution in [0.25, 0.3) is 0 Å². The summed E-state index contributed by atoms with van der Waals surface area (Å²) in [6, 6.07) is 14.4. The van der Waals surface area contributed by atoms with E-state index in [1.54, 1.807) is 33.4 Å². The van der Waals surface area contributed by atoms with Gasteiger partial charge in [0, 0.05) is 11.8 Å². The summed E-state index contributed by atoms with van der Waals surface area (Å²) < 4.78 is 13.6. The first-order valence-electron chi connectivity index (χ1n) is 34.1. The average Bonchev–Trinajstić information content (AvgIpc) is 1.50. The van der Waals surface area contributed by atoms with Gasteiger partial charge >= 0.3 is 0 Å². The summed E-state index contributed by atoms with van der Waals surface area (Å²) in [5, 5.41) is 15.6. The maximum Gasteiger partial charge on any atom is 0.250 e. The lowest BCUT2D eigenvalue weighted by Gasteiger charge is -2.50. The monoisotopic (exact) mass is 1210 g/mol. The molecule has 3 aromatic carbocycles. The lowest BCUT2D eigenvalue weighted by atomic mass is 9.55. The third kappa shape index (κ3) is 11.5. The first-order valence-corrected chi connectivity index (χ1v) is 42.5. The van der Waals surface area contributed by atoms with Crippen molar-refractivity contribution < 1.29 is 18.8 Å². The fourth-order valence-electron chi connectivity index (χ4n) is 19.0. The van der Waals surface area contributed by atoms with Crippen LogP contribution in [0.5, 0.6) is 17.2 Å². The van der Waals surface area contributed by atoms with E-state index in [0.29, 0.717) is 40.1 Å². The van der Waals surface area contributed by atoms with Gasteiger partial charge in [-0.2, -0.15) is 0 Å². The van der Waals surface area contributed by atoms with Crippen LogP contribution >= 0.6 is 23.5 Å². The Morgan fingerprint density at radius 1 is 0.500 bits per heavy atom. The molecule has 0 saturated heterocycles. The van der Waals surface area contributed by atoms with Crippen LogP contribution in [0.15, 0.2) is 58.4 Å². The predicted molar refractivity (Wildman–Crippen MR) is 367 cm³/mol. The highest BCUT2D eigenvalue weighted by molar-refractivity contribution is 8.01. The SMILES string of the molecule is CCc1cc2c(cc1O)CCC1C2CC[C@]2(C)C(=CSC)CCC12.CCc1cc2c(cc1O[Si](C)(C)C(C)(C)C)CCC1C2CC[C@]2(C)C(=CSC)CCC12.CCc1cc2c(cc1O[Si](C)(C)C(C)(C)C)CCC1C2CC[C@]2(C)C(=O)CCC12. The van der Waals surface area contributed by atoms with Crippen molar-refractivity contribution in [2.75, 3.05) is 12.5 Å². The van der Waals surface area contributed by atoms with Crippen molar-refractivity contribution >= 4 is 45.9 Å². The zero-order chi connectivity index (χ0) is 60.7. The Morgan fingerprint density at radius 2 is 0.845 bits per heavy atom. The Balaban J connectivity index is 0.000000141. The summed E-state index contributed by atoms with van der Waals surface area (Å²) in [5.41, 5.74) is 17.7. The standard InChI is InChI=1S/C28H44OSSi.C26H40O2Si.C22H30OS/c1-9-19-16-24-20(17-26(19)29-31(7,8)27(2,3)4)10-12-23-22(24)14-15-28(5)21(18-30-6)11-13-25(23)28;1-8-17-15-21-18(16-23(17)28-29(6,7)25(2,3)4)9-10-20-19(21)13-14-26(5)22(20)11-12-24(26)27;1-4-14-11-19-15(12-21(14)23)5-7-18-17(19)9-10-22(2)16(13-24-3)6-8-20(18)22/h16-18,22-23,25H,9-15H2,1-8H3;15-16,19-20,22H,8-14H2,1-7H3;11-13,17-18,20,23H,4-10H2,1-3H3/t22?,23?,25?,28-;19?,20?,22?,26-;17?,18?,20?,22-/m101/s1. The van der Waals surface area contributed by atoms with Gasteiger partial charge in [-0.3, -0.25) is 4.79 Å². The van der Waals surface area contributed by atoms with E-state index in [9.17, 15) is 9.90 Å². The third-order valence-corrected chi connectivity index (χ3v) is 35.9. The van der Waals surface area contributed by atoms with Gasteiger partial charge in [0.25, 0.3) is 0 Å². The van der Waals surface area contributed by atoms with E-state index in [0.717, 1.165) is 98.2 Å². The second-order valence-electron chi connectivity index (χ2n) is 32.2. The second-order valence-corrected chi connectivity index (χ2v) is 43.1. The lowest BCUT2D eigenvalue weighted by molar-refractivity contribution is -0.129. The van der Waals surface area contributed by atoms with Gasteiger partial charge in [0.15, 0.2) is 0 Å². The van der Waals surface area contributed by atoms with E-state index in [2.05, 4.69) is 169 Å². The number of ketones is 1. The molecule has 8 heteroatoms. The molecule has 4 nitrogen and oxygen atoms in total. The summed E-state index contributed by atoms with van der Waals surface area (Å²) in [6.45, 7) is 37.5. The van der Waals surface area contributed by atoms with Crippen molar-refractivity contribution in [1.82, 2.24) is 0 Å². The molecule has 12 atom stereocenters. The molecular formula is C76H114O4S2Si2. The summed E-state index contributed by atoms with van der Waals surface area (Å²) in [5.74, 6) is 10.3. The van der Waals surface area contributed by atoms with Crippen molar-refractivity contribution in [2.24, 2.45) is 51.8 Å². The van der Waals surface area contributed by atoms with E-state index in [-0.39, 0.29) is 15.5 Å². The highest BCUT2D eigenvalue weighted by Crippen LogP contribution is 2.66. The lowest BCUT2D eigenvalue weighted by Crippen LogP contribution is -2.44. The van der Waals surface area contributed by atoms with Crippen LogP contribution < -0.4 is 8.85 Å². The minimum absolute atomic E-state index is 0.0301. The molecule has 6 fully saturated rings. The number of aryl methyl sites for hydroxylation is 6. The van der Waals surface area contributed by atoms with E-state index in [1.165, 1.54) is 111 Å². The normalized spacial score (nSPS) is 33.1. The molecule has 1 N–H and O–H groups in total. The van der Waals surface area contributed by atoms with Gasteiger partial charge in [0.05, 0.1) is 0 Å². The average molecular weight is 1210 g/mol. The van der Waals surface area contributed by atoms with Crippen molar-refractivity contribution in [1.29, 1.82) is 0 Å². The molecule has 0 spiro atoms. The Hall–Kier alpha value is -2.66. The molecular weight excluding hydrogens is 1100 g/mol. The molecule has 0 aliphatic heterocycles. The van der Waals surface area contributed by atoms with Gasteiger partial charge in [-0.25, -0.2) is 0 Å². The molecule has 12 rings (SSSR count). The molecule has 6 saturated carbocycles. The fourth-order valence-corrected chi connectivity index (χ4v) is 22.4. The summed E-state index contributed by atoms with van der Waals surface area (Å²) in [4.78, 5) is 12.6. The van der Waals surface area contributed by atoms with E-state index in [1.807, 2.05) is 23.5 Å². The van der Waals surface area contributed by atoms with Crippen LogP contribution in [-0.2, 0) is 43.3 Å². The molecule has 0 heterocycles. The van der Waals surface area contributed by atoms with Crippen LogP contribution in [0.4, 0.5) is 0 Å². The number of carbonyl (C=O) groups excluding carboxylic acids is 1. The number of carbonyl (C=O) groups is 1. The Bertz CT molecular complexity index is 2990. The Kier molecular flexibility index (Phi) is 18.6. The topological polar surface area (TPSA) is 55.8 Å². The van der Waals surface area contributed by atoms with Gasteiger partial charge in [-0.1, -0.05) is 112 Å². The largest absolute Gasteiger partial charge is 0.543 e. The van der Waals surface area contributed by atoms with E-state index < -0.39 is 16.6 Å². The van der Waals surface area contributed by atoms with Gasteiger partial charge in [-0.05, 0) is 320 Å². The molecule has 0 aromatic heterocycles. The first-order chi connectivity index (χ1) is 39.6. The van der Waals surface area contributed by atoms with Crippen LogP contribution in [0, 0.1) is 51.8 Å². The number of Topliss-reactive ketones (excluding diaryl/α,β-unsaturated/α-hetero) is 1. The summed E-state index contributed by atoms with van der Waals surface area (Å²) >= 11 is 3.80. The molecule has 0 bridgehead atoms. The Labute approximate surface area is 523 Å². The zero-order valence-electron chi connectivity index (χ0n) is 56.2. The number of rotatable bonds is 9. The minimum atomic E-state index is -1.85. The van der Waals surface area contributed by atoms with Crippen molar-refractivity contribution in [3.63, 3.8) is 0 Å². The van der Waals surface area contributed by atoms with Crippen molar-refractivity contribution in [3.05, 3.63) is 108 Å². The van der Waals surface area contributed by atoms with Crippen LogP contribution in [-0.4, -0.2) is 40.0 Å². The number of thioether (sulfide) groups is 2. The molecule has 9 aliphatic rings. The molecule has 462 valence electrons. The quantitative estimate of drug-likeness (QED) is 0.216. The molecule has 0 amide bonds. The number of hydrogen-bond acceptors (Lipinski definition) is 6. The highest BCUT2D eigenvalue weighted by Gasteiger charge is 2.56.